The summed E-state index contributed by atoms with van der Waals surface area (Å²) in [6, 6.07) is 12.2. The van der Waals surface area contributed by atoms with E-state index in [0.29, 0.717) is 17.5 Å². The first-order valence-corrected chi connectivity index (χ1v) is 9.54. The average molecular weight is 346 g/mol. The molecule has 5 nitrogen and oxygen atoms in total. The third kappa shape index (κ3) is 2.77. The minimum absolute atomic E-state index is 0.0785. The molecule has 26 heavy (non-hydrogen) atoms. The highest BCUT2D eigenvalue weighted by molar-refractivity contribution is 6.12. The normalized spacial score (nSPS) is 17.7. The zero-order valence-electron chi connectivity index (χ0n) is 14.7. The van der Waals surface area contributed by atoms with Crippen LogP contribution in [0.15, 0.2) is 42.6 Å². The second-order valence-electron chi connectivity index (χ2n) is 7.44. The first-order valence-electron chi connectivity index (χ1n) is 9.54. The molecule has 2 saturated carbocycles. The molecule has 0 atom stereocenters. The Bertz CT molecular complexity index is 967. The number of fused-ring (bicyclic) bond motifs is 1. The number of hydrogen-bond donors (Lipinski definition) is 1. The van der Waals surface area contributed by atoms with Crippen LogP contribution in [-0.2, 0) is 0 Å². The zero-order chi connectivity index (χ0) is 17.5. The second kappa shape index (κ2) is 6.24. The van der Waals surface area contributed by atoms with Gasteiger partial charge in [0, 0.05) is 23.1 Å². The summed E-state index contributed by atoms with van der Waals surface area (Å²) in [5, 5.41) is 8.45. The molecule has 0 radical (unpaired) electrons. The summed E-state index contributed by atoms with van der Waals surface area (Å²) in [6.45, 7) is 0. The Balaban J connectivity index is 1.50. The SMILES string of the molecule is O=C(Nc1ccnn1C1CCCC1)c1cc(C2CC2)nc2ccccc12. The molecule has 5 heteroatoms. The lowest BCUT2D eigenvalue weighted by Gasteiger charge is -2.15. The van der Waals surface area contributed by atoms with E-state index in [2.05, 4.69) is 10.4 Å². The number of aromatic nitrogens is 3. The van der Waals surface area contributed by atoms with E-state index in [4.69, 9.17) is 4.98 Å². The van der Waals surface area contributed by atoms with Crippen LogP contribution >= 0.6 is 0 Å². The highest BCUT2D eigenvalue weighted by atomic mass is 16.1. The van der Waals surface area contributed by atoms with Crippen LogP contribution in [0, 0.1) is 0 Å². The molecule has 0 spiro atoms. The van der Waals surface area contributed by atoms with Gasteiger partial charge in [-0.05, 0) is 37.8 Å². The van der Waals surface area contributed by atoms with E-state index >= 15 is 0 Å². The highest BCUT2D eigenvalue weighted by Gasteiger charge is 2.27. The van der Waals surface area contributed by atoms with Crippen molar-refractivity contribution < 1.29 is 4.79 Å². The number of carbonyl (C=O) groups excluding carboxylic acids is 1. The Morgan fingerprint density at radius 1 is 1.08 bits per heavy atom. The number of hydrogen-bond acceptors (Lipinski definition) is 3. The zero-order valence-corrected chi connectivity index (χ0v) is 14.7. The molecule has 2 heterocycles. The van der Waals surface area contributed by atoms with Gasteiger partial charge in [0.1, 0.15) is 5.82 Å². The maximum absolute atomic E-state index is 13.1. The van der Waals surface area contributed by atoms with Crippen molar-refractivity contribution in [3.63, 3.8) is 0 Å². The number of nitrogens with one attached hydrogen (secondary N) is 1. The quantitative estimate of drug-likeness (QED) is 0.746. The van der Waals surface area contributed by atoms with Crippen molar-refractivity contribution in [3.05, 3.63) is 53.9 Å². The van der Waals surface area contributed by atoms with Gasteiger partial charge >= 0.3 is 0 Å². The number of benzene rings is 1. The van der Waals surface area contributed by atoms with Crippen molar-refractivity contribution in [1.82, 2.24) is 14.8 Å². The minimum Gasteiger partial charge on any atom is -0.307 e. The summed E-state index contributed by atoms with van der Waals surface area (Å²) in [5.41, 5.74) is 2.64. The molecule has 132 valence electrons. The lowest BCUT2D eigenvalue weighted by molar-refractivity contribution is 0.102. The van der Waals surface area contributed by atoms with Crippen LogP contribution in [0.5, 0.6) is 0 Å². The number of amides is 1. The maximum Gasteiger partial charge on any atom is 0.257 e. The molecule has 2 aromatic heterocycles. The topological polar surface area (TPSA) is 59.8 Å². The van der Waals surface area contributed by atoms with Crippen LogP contribution in [0.1, 0.15) is 66.5 Å². The predicted octanol–water partition coefficient (Wildman–Crippen LogP) is 4.68. The number of nitrogens with zero attached hydrogens (tertiary/aromatic N) is 3. The fourth-order valence-electron chi connectivity index (χ4n) is 4.01. The Morgan fingerprint density at radius 3 is 2.69 bits per heavy atom. The summed E-state index contributed by atoms with van der Waals surface area (Å²) < 4.78 is 1.98. The van der Waals surface area contributed by atoms with Crippen LogP contribution in [0.25, 0.3) is 10.9 Å². The molecule has 1 aromatic carbocycles. The van der Waals surface area contributed by atoms with E-state index in [1.807, 2.05) is 41.1 Å². The van der Waals surface area contributed by atoms with Gasteiger partial charge in [0.05, 0.1) is 23.3 Å². The molecule has 5 rings (SSSR count). The predicted molar refractivity (Wildman–Crippen MR) is 101 cm³/mol. The van der Waals surface area contributed by atoms with Gasteiger partial charge in [0.25, 0.3) is 5.91 Å². The van der Waals surface area contributed by atoms with Crippen molar-refractivity contribution in [2.45, 2.75) is 50.5 Å². The largest absolute Gasteiger partial charge is 0.307 e. The van der Waals surface area contributed by atoms with Crippen LogP contribution in [0.4, 0.5) is 5.82 Å². The number of para-hydroxylation sites is 1. The lowest BCUT2D eigenvalue weighted by Crippen LogP contribution is -2.18. The van der Waals surface area contributed by atoms with Crippen LogP contribution in [0.2, 0.25) is 0 Å². The number of carbonyl (C=O) groups is 1. The Hall–Kier alpha value is -2.69. The van der Waals surface area contributed by atoms with Crippen LogP contribution in [0.3, 0.4) is 0 Å². The van der Waals surface area contributed by atoms with Crippen molar-refractivity contribution in [2.24, 2.45) is 0 Å². The molecule has 0 aliphatic heterocycles. The second-order valence-corrected chi connectivity index (χ2v) is 7.44. The molecule has 1 amide bonds. The van der Waals surface area contributed by atoms with Crippen molar-refractivity contribution in [1.29, 1.82) is 0 Å². The van der Waals surface area contributed by atoms with Gasteiger partial charge in [-0.15, -0.1) is 0 Å². The molecular weight excluding hydrogens is 324 g/mol. The standard InChI is InChI=1S/C21H22N4O/c26-21(24-20-11-12-22-25(20)15-5-1-2-6-15)17-13-19(14-9-10-14)23-18-8-4-3-7-16(17)18/h3-4,7-8,11-15H,1-2,5-6,9-10H2,(H,24,26). The van der Waals surface area contributed by atoms with Gasteiger partial charge < -0.3 is 5.32 Å². The smallest absolute Gasteiger partial charge is 0.257 e. The van der Waals surface area contributed by atoms with Crippen LogP contribution in [-0.4, -0.2) is 20.7 Å². The van der Waals surface area contributed by atoms with Crippen LogP contribution < -0.4 is 5.32 Å². The molecule has 2 fully saturated rings. The molecule has 0 saturated heterocycles. The summed E-state index contributed by atoms with van der Waals surface area (Å²) in [7, 11) is 0. The molecular formula is C21H22N4O. The summed E-state index contributed by atoms with van der Waals surface area (Å²) >= 11 is 0. The molecule has 0 unspecified atom stereocenters. The monoisotopic (exact) mass is 346 g/mol. The van der Waals surface area contributed by atoms with Crippen molar-refractivity contribution in [2.75, 3.05) is 5.32 Å². The van der Waals surface area contributed by atoms with E-state index in [-0.39, 0.29) is 5.91 Å². The summed E-state index contributed by atoms with van der Waals surface area (Å²) in [4.78, 5) is 17.9. The Morgan fingerprint density at radius 2 is 1.88 bits per heavy atom. The third-order valence-electron chi connectivity index (χ3n) is 5.56. The Kier molecular flexibility index (Phi) is 3.73. The average Bonchev–Trinajstić information content (AvgIpc) is 3.18. The number of pyridine rings is 1. The summed E-state index contributed by atoms with van der Waals surface area (Å²) in [5.74, 6) is 1.22. The van der Waals surface area contributed by atoms with E-state index in [0.717, 1.165) is 35.3 Å². The molecule has 3 aromatic rings. The molecule has 2 aliphatic carbocycles. The highest BCUT2D eigenvalue weighted by Crippen LogP contribution is 2.40. The number of rotatable bonds is 4. The molecule has 0 bridgehead atoms. The maximum atomic E-state index is 13.1. The van der Waals surface area contributed by atoms with Gasteiger partial charge in [0.2, 0.25) is 0 Å². The van der Waals surface area contributed by atoms with Gasteiger partial charge in [-0.1, -0.05) is 31.0 Å². The summed E-state index contributed by atoms with van der Waals surface area (Å²) in [6.07, 6.45) is 8.84. The van der Waals surface area contributed by atoms with E-state index in [9.17, 15) is 4.79 Å². The fourth-order valence-corrected chi connectivity index (χ4v) is 4.01. The van der Waals surface area contributed by atoms with Gasteiger partial charge in [-0.2, -0.15) is 5.10 Å². The van der Waals surface area contributed by atoms with Gasteiger partial charge in [-0.3, -0.25) is 9.78 Å². The third-order valence-corrected chi connectivity index (χ3v) is 5.56. The fraction of sp³-hybridized carbons (Fsp3) is 0.381. The first-order chi connectivity index (χ1) is 12.8. The van der Waals surface area contributed by atoms with E-state index < -0.39 is 0 Å². The lowest BCUT2D eigenvalue weighted by atomic mass is 10.1. The van der Waals surface area contributed by atoms with E-state index in [1.165, 1.54) is 25.7 Å². The van der Waals surface area contributed by atoms with Crippen molar-refractivity contribution >= 4 is 22.6 Å². The Labute approximate surface area is 152 Å². The van der Waals surface area contributed by atoms with Crippen molar-refractivity contribution in [3.8, 4) is 0 Å². The molecule has 2 aliphatic rings. The minimum atomic E-state index is -0.0785. The first kappa shape index (κ1) is 15.6. The van der Waals surface area contributed by atoms with Gasteiger partial charge in [0.15, 0.2) is 0 Å². The number of anilines is 1. The van der Waals surface area contributed by atoms with Gasteiger partial charge in [-0.25, -0.2) is 4.68 Å². The van der Waals surface area contributed by atoms with E-state index in [1.54, 1.807) is 6.20 Å². The molecule has 1 N–H and O–H groups in total.